The lowest BCUT2D eigenvalue weighted by Crippen LogP contribution is -2.36. The summed E-state index contributed by atoms with van der Waals surface area (Å²) < 4.78 is 5.62. The van der Waals surface area contributed by atoms with Crippen molar-refractivity contribution in [1.29, 1.82) is 0 Å². The average Bonchev–Trinajstić information content (AvgIpc) is 2.40. The monoisotopic (exact) mass is 280 g/mol. The van der Waals surface area contributed by atoms with Crippen molar-refractivity contribution in [3.63, 3.8) is 0 Å². The summed E-state index contributed by atoms with van der Waals surface area (Å²) in [5, 5.41) is 3.02. The molecule has 0 aliphatic rings. The van der Waals surface area contributed by atoms with Crippen LogP contribution in [0.5, 0.6) is 5.75 Å². The third kappa shape index (κ3) is 4.47. The Morgan fingerprint density at radius 1 is 1.63 bits per heavy atom. The smallest absolute Gasteiger partial charge is 0.261 e. The highest BCUT2D eigenvalue weighted by molar-refractivity contribution is 6.32. The number of ether oxygens (including phenoxy) is 1. The fourth-order valence-electron chi connectivity index (χ4n) is 1.55. The van der Waals surface area contributed by atoms with E-state index in [0.717, 1.165) is 5.56 Å². The highest BCUT2D eigenvalue weighted by atomic mass is 35.5. The Morgan fingerprint density at radius 3 is 3.00 bits per heavy atom. The zero-order valence-corrected chi connectivity index (χ0v) is 11.5. The second-order valence-corrected chi connectivity index (χ2v) is 4.36. The van der Waals surface area contributed by atoms with Crippen molar-refractivity contribution in [1.82, 2.24) is 5.32 Å². The molecule has 0 heterocycles. The van der Waals surface area contributed by atoms with E-state index in [1.54, 1.807) is 13.0 Å². The van der Waals surface area contributed by atoms with Crippen molar-refractivity contribution in [2.75, 3.05) is 13.1 Å². The van der Waals surface area contributed by atoms with Gasteiger partial charge in [-0.2, -0.15) is 0 Å². The first kappa shape index (κ1) is 15.4. The second-order valence-electron chi connectivity index (χ2n) is 3.95. The van der Waals surface area contributed by atoms with Crippen LogP contribution in [0.4, 0.5) is 0 Å². The highest BCUT2D eigenvalue weighted by Gasteiger charge is 2.17. The summed E-state index contributed by atoms with van der Waals surface area (Å²) in [4.78, 5) is 11.7. The van der Waals surface area contributed by atoms with Gasteiger partial charge in [-0.15, -0.1) is 6.42 Å². The number of rotatable bonds is 6. The van der Waals surface area contributed by atoms with Crippen molar-refractivity contribution in [2.24, 2.45) is 5.73 Å². The zero-order valence-electron chi connectivity index (χ0n) is 10.8. The van der Waals surface area contributed by atoms with E-state index in [-0.39, 0.29) is 12.5 Å². The molecule has 1 aromatic rings. The molecule has 4 nitrogen and oxygen atoms in total. The van der Waals surface area contributed by atoms with E-state index in [0.29, 0.717) is 23.7 Å². The Bertz CT molecular complexity index is 483. The minimum atomic E-state index is -0.676. The molecule has 0 aromatic heterocycles. The van der Waals surface area contributed by atoms with Crippen LogP contribution >= 0.6 is 11.6 Å². The van der Waals surface area contributed by atoms with E-state index in [9.17, 15) is 4.79 Å². The number of hydrogen-bond donors (Lipinski definition) is 2. The van der Waals surface area contributed by atoms with Crippen molar-refractivity contribution >= 4 is 17.5 Å². The van der Waals surface area contributed by atoms with Crippen molar-refractivity contribution in [3.8, 4) is 18.1 Å². The van der Waals surface area contributed by atoms with Crippen LogP contribution in [0, 0.1) is 12.3 Å². The molecule has 19 heavy (non-hydrogen) atoms. The Balaban J connectivity index is 2.81. The minimum absolute atomic E-state index is 0.171. The largest absolute Gasteiger partial charge is 0.479 e. The number of hydrogen-bond acceptors (Lipinski definition) is 3. The van der Waals surface area contributed by atoms with Crippen LogP contribution in [-0.4, -0.2) is 25.1 Å². The summed E-state index contributed by atoms with van der Waals surface area (Å²) in [7, 11) is 0. The summed E-state index contributed by atoms with van der Waals surface area (Å²) in [6.45, 7) is 2.29. The molecule has 102 valence electrons. The first-order valence-electron chi connectivity index (χ1n) is 5.95. The third-order valence-corrected chi connectivity index (χ3v) is 2.79. The van der Waals surface area contributed by atoms with Crippen LogP contribution in [0.2, 0.25) is 5.02 Å². The molecular weight excluding hydrogens is 264 g/mol. The molecule has 1 rings (SSSR count). The summed E-state index contributed by atoms with van der Waals surface area (Å²) in [5.41, 5.74) is 6.42. The highest BCUT2D eigenvalue weighted by Crippen LogP contribution is 2.29. The topological polar surface area (TPSA) is 64.3 Å². The van der Waals surface area contributed by atoms with Crippen LogP contribution in [0.1, 0.15) is 12.5 Å². The molecule has 3 N–H and O–H groups in total. The maximum absolute atomic E-state index is 11.7. The molecule has 5 heteroatoms. The van der Waals surface area contributed by atoms with Crippen LogP contribution in [0.15, 0.2) is 18.2 Å². The number of nitrogens with two attached hydrogens (primary N) is 1. The van der Waals surface area contributed by atoms with Gasteiger partial charge in [0.05, 0.1) is 11.6 Å². The molecule has 0 saturated heterocycles. The number of para-hydroxylation sites is 1. The van der Waals surface area contributed by atoms with E-state index < -0.39 is 6.10 Å². The normalized spacial score (nSPS) is 11.5. The standard InChI is InChI=1S/C14H17ClN2O2/c1-3-9-17-14(18)10(2)19-13-11(7-8-16)5-4-6-12(13)15/h1,4-6,10H,7-9,16H2,2H3,(H,17,18). The van der Waals surface area contributed by atoms with Crippen LogP contribution in [-0.2, 0) is 11.2 Å². The van der Waals surface area contributed by atoms with Crippen molar-refractivity contribution in [3.05, 3.63) is 28.8 Å². The van der Waals surface area contributed by atoms with Crippen LogP contribution < -0.4 is 15.8 Å². The molecule has 1 unspecified atom stereocenters. The lowest BCUT2D eigenvalue weighted by atomic mass is 10.1. The Hall–Kier alpha value is -1.70. The number of halogens is 1. The van der Waals surface area contributed by atoms with Gasteiger partial charge in [0, 0.05) is 0 Å². The van der Waals surface area contributed by atoms with Crippen molar-refractivity contribution in [2.45, 2.75) is 19.4 Å². The third-order valence-electron chi connectivity index (χ3n) is 2.49. The van der Waals surface area contributed by atoms with E-state index in [2.05, 4.69) is 11.2 Å². The summed E-state index contributed by atoms with van der Waals surface area (Å²) in [5.74, 6) is 2.55. The molecule has 1 aromatic carbocycles. The van der Waals surface area contributed by atoms with E-state index in [4.69, 9.17) is 28.5 Å². The quantitative estimate of drug-likeness (QED) is 0.774. The molecule has 0 radical (unpaired) electrons. The summed E-state index contributed by atoms with van der Waals surface area (Å²) in [6.07, 6.45) is 5.03. The minimum Gasteiger partial charge on any atom is -0.479 e. The SMILES string of the molecule is C#CCNC(=O)C(C)Oc1c(Cl)cccc1CCN. The van der Waals surface area contributed by atoms with Gasteiger partial charge in [0.2, 0.25) is 0 Å². The zero-order chi connectivity index (χ0) is 14.3. The number of carbonyl (C=O) groups is 1. The second kappa shape index (κ2) is 7.67. The first-order valence-corrected chi connectivity index (χ1v) is 6.33. The average molecular weight is 281 g/mol. The van der Waals surface area contributed by atoms with Gasteiger partial charge in [0.25, 0.3) is 5.91 Å². The van der Waals surface area contributed by atoms with Crippen molar-refractivity contribution < 1.29 is 9.53 Å². The van der Waals surface area contributed by atoms with Gasteiger partial charge in [-0.3, -0.25) is 4.79 Å². The Morgan fingerprint density at radius 2 is 2.37 bits per heavy atom. The van der Waals surface area contributed by atoms with Gasteiger partial charge in [-0.25, -0.2) is 0 Å². The van der Waals surface area contributed by atoms with Gasteiger partial charge < -0.3 is 15.8 Å². The number of benzene rings is 1. The lowest BCUT2D eigenvalue weighted by Gasteiger charge is -2.17. The molecule has 0 aliphatic carbocycles. The Kier molecular flexibility index (Phi) is 6.20. The van der Waals surface area contributed by atoms with Gasteiger partial charge in [-0.1, -0.05) is 29.7 Å². The number of carbonyl (C=O) groups excluding carboxylic acids is 1. The molecule has 0 aliphatic heterocycles. The predicted octanol–water partition coefficient (Wildman–Crippen LogP) is 1.36. The number of amides is 1. The maximum atomic E-state index is 11.7. The van der Waals surface area contributed by atoms with E-state index >= 15 is 0 Å². The Labute approximate surface area is 118 Å². The van der Waals surface area contributed by atoms with Gasteiger partial charge in [0.15, 0.2) is 6.10 Å². The maximum Gasteiger partial charge on any atom is 0.261 e. The van der Waals surface area contributed by atoms with Gasteiger partial charge >= 0.3 is 0 Å². The fourth-order valence-corrected chi connectivity index (χ4v) is 1.79. The molecular formula is C14H17ClN2O2. The number of terminal acetylenes is 1. The number of nitrogens with one attached hydrogen (secondary N) is 1. The van der Waals surface area contributed by atoms with E-state index in [1.165, 1.54) is 0 Å². The molecule has 0 fully saturated rings. The fraction of sp³-hybridized carbons (Fsp3) is 0.357. The molecule has 1 amide bonds. The summed E-state index contributed by atoms with van der Waals surface area (Å²) in [6, 6.07) is 5.41. The lowest BCUT2D eigenvalue weighted by molar-refractivity contribution is -0.127. The van der Waals surface area contributed by atoms with Crippen LogP contribution in [0.3, 0.4) is 0 Å². The van der Waals surface area contributed by atoms with Crippen LogP contribution in [0.25, 0.3) is 0 Å². The van der Waals surface area contributed by atoms with E-state index in [1.807, 2.05) is 12.1 Å². The summed E-state index contributed by atoms with van der Waals surface area (Å²) >= 11 is 6.09. The molecule has 0 bridgehead atoms. The van der Waals surface area contributed by atoms with Gasteiger partial charge in [-0.05, 0) is 31.5 Å². The van der Waals surface area contributed by atoms with Gasteiger partial charge in [0.1, 0.15) is 5.75 Å². The molecule has 0 saturated carbocycles. The molecule has 1 atom stereocenters. The predicted molar refractivity (Wildman–Crippen MR) is 76.1 cm³/mol. The first-order chi connectivity index (χ1) is 9.10. The molecule has 0 spiro atoms.